The van der Waals surface area contributed by atoms with Crippen molar-refractivity contribution in [2.45, 2.75) is 13.8 Å². The van der Waals surface area contributed by atoms with Gasteiger partial charge >= 0.3 is 5.97 Å². The second-order valence-corrected chi connectivity index (χ2v) is 4.70. The van der Waals surface area contributed by atoms with Crippen LogP contribution in [0.4, 0.5) is 0 Å². The number of hydrogen-bond acceptors (Lipinski definition) is 4. The van der Waals surface area contributed by atoms with E-state index < -0.39 is 5.97 Å². The summed E-state index contributed by atoms with van der Waals surface area (Å²) < 4.78 is 5.74. The van der Waals surface area contributed by atoms with Crippen molar-refractivity contribution in [2.75, 3.05) is 26.2 Å². The lowest BCUT2D eigenvalue weighted by atomic mass is 10.1. The molecule has 0 fully saturated rings. The average Bonchev–Trinajstić information content (AvgIpc) is 2.51. The van der Waals surface area contributed by atoms with Crippen LogP contribution in [0.25, 0.3) is 10.8 Å². The van der Waals surface area contributed by atoms with Gasteiger partial charge in [0.05, 0.1) is 5.56 Å². The van der Waals surface area contributed by atoms with Crippen LogP contribution in [-0.4, -0.2) is 47.2 Å². The number of nitrogens with zero attached hydrogens (tertiary/aromatic N) is 2. The topological polar surface area (TPSA) is 62.7 Å². The molecular weight excluding hydrogens is 268 g/mol. The van der Waals surface area contributed by atoms with Crippen molar-refractivity contribution in [2.24, 2.45) is 0 Å². The number of carbonyl (C=O) groups is 1. The molecule has 5 heteroatoms. The van der Waals surface area contributed by atoms with E-state index in [9.17, 15) is 9.90 Å². The minimum atomic E-state index is -0.978. The number of ether oxygens (including phenoxy) is 1. The van der Waals surface area contributed by atoms with Gasteiger partial charge in [-0.2, -0.15) is 0 Å². The third kappa shape index (κ3) is 3.49. The molecule has 2 rings (SSSR count). The van der Waals surface area contributed by atoms with Crippen molar-refractivity contribution >= 4 is 16.7 Å². The molecule has 0 spiro atoms. The van der Waals surface area contributed by atoms with Gasteiger partial charge in [-0.05, 0) is 19.2 Å². The number of rotatable bonds is 7. The summed E-state index contributed by atoms with van der Waals surface area (Å²) in [5.74, 6) is -0.490. The van der Waals surface area contributed by atoms with Gasteiger partial charge in [-0.25, -0.2) is 9.78 Å². The van der Waals surface area contributed by atoms with Gasteiger partial charge in [-0.15, -0.1) is 0 Å². The fourth-order valence-corrected chi connectivity index (χ4v) is 2.26. The number of carboxylic acids is 1. The van der Waals surface area contributed by atoms with Crippen LogP contribution in [0.2, 0.25) is 0 Å². The second-order valence-electron chi connectivity index (χ2n) is 4.70. The summed E-state index contributed by atoms with van der Waals surface area (Å²) in [6, 6.07) is 7.28. The molecule has 1 heterocycles. The molecule has 0 aliphatic heterocycles. The fraction of sp³-hybridized carbons (Fsp3) is 0.375. The van der Waals surface area contributed by atoms with Crippen molar-refractivity contribution in [1.29, 1.82) is 0 Å². The predicted molar refractivity (Wildman–Crippen MR) is 82.0 cm³/mol. The Morgan fingerprint density at radius 1 is 1.24 bits per heavy atom. The lowest BCUT2D eigenvalue weighted by Crippen LogP contribution is -2.28. The number of aromatic carboxylic acids is 1. The minimum Gasteiger partial charge on any atom is -0.478 e. The first-order valence-corrected chi connectivity index (χ1v) is 7.13. The number of pyridine rings is 1. The Morgan fingerprint density at radius 3 is 2.52 bits per heavy atom. The van der Waals surface area contributed by atoms with Crippen molar-refractivity contribution in [3.05, 3.63) is 36.0 Å². The van der Waals surface area contributed by atoms with E-state index in [1.807, 2.05) is 18.2 Å². The summed E-state index contributed by atoms with van der Waals surface area (Å²) in [6.07, 6.45) is 1.36. The molecule has 1 N–H and O–H groups in total. The van der Waals surface area contributed by atoms with Gasteiger partial charge in [0.15, 0.2) is 0 Å². The number of fused-ring (bicyclic) bond motifs is 1. The first kappa shape index (κ1) is 15.3. The standard InChI is InChI=1S/C16H20N2O3/c1-3-18(4-2)9-10-21-15-13-8-6-5-7-12(13)14(11-17-15)16(19)20/h5-8,11H,3-4,9-10H2,1-2H3,(H,19,20). The van der Waals surface area contributed by atoms with Gasteiger partial charge in [-0.3, -0.25) is 0 Å². The van der Waals surface area contributed by atoms with Crippen LogP contribution in [0, 0.1) is 0 Å². The fourth-order valence-electron chi connectivity index (χ4n) is 2.26. The quantitative estimate of drug-likeness (QED) is 0.848. The predicted octanol–water partition coefficient (Wildman–Crippen LogP) is 2.65. The largest absolute Gasteiger partial charge is 0.478 e. The first-order valence-electron chi connectivity index (χ1n) is 7.13. The van der Waals surface area contributed by atoms with Gasteiger partial charge in [-0.1, -0.05) is 32.0 Å². The number of likely N-dealkylation sites (N-methyl/N-ethyl adjacent to an activating group) is 1. The summed E-state index contributed by atoms with van der Waals surface area (Å²) in [7, 11) is 0. The van der Waals surface area contributed by atoms with Crippen molar-refractivity contribution in [3.8, 4) is 5.88 Å². The summed E-state index contributed by atoms with van der Waals surface area (Å²) in [5, 5.41) is 10.6. The third-order valence-corrected chi connectivity index (χ3v) is 3.53. The van der Waals surface area contributed by atoms with E-state index in [1.54, 1.807) is 6.07 Å². The van der Waals surface area contributed by atoms with E-state index in [4.69, 9.17) is 4.74 Å². The number of hydrogen-bond donors (Lipinski definition) is 1. The van der Waals surface area contributed by atoms with Crippen LogP contribution in [0.15, 0.2) is 30.5 Å². The monoisotopic (exact) mass is 288 g/mol. The molecule has 0 atom stereocenters. The number of carboxylic acid groups (broad SMARTS) is 1. The highest BCUT2D eigenvalue weighted by Gasteiger charge is 2.13. The third-order valence-electron chi connectivity index (χ3n) is 3.53. The minimum absolute atomic E-state index is 0.196. The molecule has 112 valence electrons. The van der Waals surface area contributed by atoms with Gasteiger partial charge in [0.1, 0.15) is 6.61 Å². The molecule has 0 aliphatic rings. The number of benzene rings is 1. The van der Waals surface area contributed by atoms with E-state index in [-0.39, 0.29) is 5.56 Å². The molecule has 0 aliphatic carbocycles. The van der Waals surface area contributed by atoms with E-state index in [0.717, 1.165) is 25.0 Å². The molecule has 0 bridgehead atoms. The average molecular weight is 288 g/mol. The molecular formula is C16H20N2O3. The Hall–Kier alpha value is -2.14. The van der Waals surface area contributed by atoms with Gasteiger partial charge < -0.3 is 14.7 Å². The van der Waals surface area contributed by atoms with E-state index in [0.29, 0.717) is 17.9 Å². The molecule has 1 aromatic carbocycles. The van der Waals surface area contributed by atoms with Crippen LogP contribution in [-0.2, 0) is 0 Å². The van der Waals surface area contributed by atoms with Crippen molar-refractivity contribution in [3.63, 3.8) is 0 Å². The number of aromatic nitrogens is 1. The molecule has 21 heavy (non-hydrogen) atoms. The van der Waals surface area contributed by atoms with Crippen LogP contribution < -0.4 is 4.74 Å². The van der Waals surface area contributed by atoms with Gasteiger partial charge in [0, 0.05) is 23.5 Å². The van der Waals surface area contributed by atoms with Crippen LogP contribution in [0.3, 0.4) is 0 Å². The maximum absolute atomic E-state index is 11.2. The van der Waals surface area contributed by atoms with E-state index in [1.165, 1.54) is 6.20 Å². The lowest BCUT2D eigenvalue weighted by Gasteiger charge is -2.18. The highest BCUT2D eigenvalue weighted by Crippen LogP contribution is 2.26. The zero-order valence-corrected chi connectivity index (χ0v) is 12.4. The molecule has 0 radical (unpaired) electrons. The Kier molecular flexibility index (Phi) is 5.11. The molecule has 0 saturated heterocycles. The molecule has 1 aromatic heterocycles. The summed E-state index contributed by atoms with van der Waals surface area (Å²) in [4.78, 5) is 17.6. The van der Waals surface area contributed by atoms with Crippen LogP contribution in [0.5, 0.6) is 5.88 Å². The molecule has 2 aromatic rings. The second kappa shape index (κ2) is 7.04. The van der Waals surface area contributed by atoms with Crippen molar-refractivity contribution in [1.82, 2.24) is 9.88 Å². The summed E-state index contributed by atoms with van der Waals surface area (Å²) in [5.41, 5.74) is 0.196. The van der Waals surface area contributed by atoms with Gasteiger partial charge in [0.2, 0.25) is 5.88 Å². The first-order chi connectivity index (χ1) is 10.2. The van der Waals surface area contributed by atoms with Crippen LogP contribution in [0.1, 0.15) is 24.2 Å². The lowest BCUT2D eigenvalue weighted by molar-refractivity contribution is 0.0698. The van der Waals surface area contributed by atoms with E-state index >= 15 is 0 Å². The molecule has 0 unspecified atom stereocenters. The Morgan fingerprint density at radius 2 is 1.90 bits per heavy atom. The Bertz CT molecular complexity index is 624. The van der Waals surface area contributed by atoms with Crippen molar-refractivity contribution < 1.29 is 14.6 Å². The smallest absolute Gasteiger partial charge is 0.337 e. The Balaban J connectivity index is 2.21. The SMILES string of the molecule is CCN(CC)CCOc1ncc(C(=O)O)c2ccccc12. The maximum Gasteiger partial charge on any atom is 0.337 e. The zero-order valence-electron chi connectivity index (χ0n) is 12.4. The molecule has 0 saturated carbocycles. The zero-order chi connectivity index (χ0) is 15.2. The molecule has 0 amide bonds. The molecule has 5 nitrogen and oxygen atoms in total. The van der Waals surface area contributed by atoms with E-state index in [2.05, 4.69) is 23.7 Å². The Labute approximate surface area is 124 Å². The maximum atomic E-state index is 11.2. The summed E-state index contributed by atoms with van der Waals surface area (Å²) >= 11 is 0. The van der Waals surface area contributed by atoms with Gasteiger partial charge in [0.25, 0.3) is 0 Å². The van der Waals surface area contributed by atoms with Crippen LogP contribution >= 0.6 is 0 Å². The highest BCUT2D eigenvalue weighted by atomic mass is 16.5. The summed E-state index contributed by atoms with van der Waals surface area (Å²) in [6.45, 7) is 7.53. The highest BCUT2D eigenvalue weighted by molar-refractivity contribution is 6.04. The normalized spacial score (nSPS) is 11.0.